The first-order chi connectivity index (χ1) is 16.8. The Balaban J connectivity index is 1.32. The number of aromatic nitrogens is 1. The summed E-state index contributed by atoms with van der Waals surface area (Å²) in [6.45, 7) is 4.44. The third kappa shape index (κ3) is 7.48. The Morgan fingerprint density at radius 3 is 2.60 bits per heavy atom. The van der Waals surface area contributed by atoms with E-state index in [1.807, 2.05) is 37.4 Å². The van der Waals surface area contributed by atoms with Gasteiger partial charge in [-0.3, -0.25) is 9.78 Å². The zero-order chi connectivity index (χ0) is 24.8. The van der Waals surface area contributed by atoms with Crippen LogP contribution in [0, 0.1) is 12.8 Å². The normalized spacial score (nSPS) is 13.7. The number of carbonyl (C=O) groups is 1. The highest BCUT2D eigenvalue weighted by Crippen LogP contribution is 2.29. The number of ether oxygens (including phenoxy) is 1. The Morgan fingerprint density at radius 2 is 1.89 bits per heavy atom. The molecule has 35 heavy (non-hydrogen) atoms. The molecule has 0 unspecified atom stereocenters. The average molecular weight is 497 g/mol. The maximum absolute atomic E-state index is 12.8. The highest BCUT2D eigenvalue weighted by Gasteiger charge is 2.21. The maximum Gasteiger partial charge on any atom is 0.255 e. The van der Waals surface area contributed by atoms with E-state index >= 15 is 0 Å². The van der Waals surface area contributed by atoms with Crippen molar-refractivity contribution in [3.8, 4) is 5.75 Å². The smallest absolute Gasteiger partial charge is 0.255 e. The molecule has 1 amide bonds. The van der Waals surface area contributed by atoms with E-state index in [0.29, 0.717) is 37.5 Å². The number of hydrogen-bond acceptors (Lipinski definition) is 6. The molecule has 1 aromatic heterocycles. The summed E-state index contributed by atoms with van der Waals surface area (Å²) in [6, 6.07) is 13.2. The molecule has 0 saturated heterocycles. The third-order valence-corrected chi connectivity index (χ3v) is 6.66. The fourth-order valence-corrected chi connectivity index (χ4v) is 4.24. The Labute approximate surface area is 206 Å². The van der Waals surface area contributed by atoms with Gasteiger partial charge in [-0.2, -0.15) is 0 Å². The minimum atomic E-state index is -3.14. The number of benzene rings is 2. The highest BCUT2D eigenvalue weighted by molar-refractivity contribution is 7.88. The molecule has 4 rings (SSSR count). The first-order valence-electron chi connectivity index (χ1n) is 11.9. The van der Waals surface area contributed by atoms with Crippen LogP contribution in [0.1, 0.15) is 40.7 Å². The largest absolute Gasteiger partial charge is 0.493 e. The SMILES string of the molecule is Cc1c(NC(=O)c2ccc(OCC3CC3)cc2)ccc2cc(CNCCCNS(C)(=O)=O)cnc12. The summed E-state index contributed by atoms with van der Waals surface area (Å²) in [4.78, 5) is 17.4. The van der Waals surface area contributed by atoms with Crippen LogP contribution in [0.25, 0.3) is 10.9 Å². The fraction of sp³-hybridized carbons (Fsp3) is 0.385. The lowest BCUT2D eigenvalue weighted by molar-refractivity contribution is 0.102. The van der Waals surface area contributed by atoms with Gasteiger partial charge in [0.25, 0.3) is 5.91 Å². The lowest BCUT2D eigenvalue weighted by atomic mass is 10.1. The van der Waals surface area contributed by atoms with Crippen LogP contribution >= 0.6 is 0 Å². The molecule has 2 aromatic carbocycles. The number of carbonyl (C=O) groups excluding carboxylic acids is 1. The van der Waals surface area contributed by atoms with Gasteiger partial charge in [-0.25, -0.2) is 13.1 Å². The summed E-state index contributed by atoms with van der Waals surface area (Å²) in [5, 5.41) is 7.29. The molecule has 1 aliphatic carbocycles. The van der Waals surface area contributed by atoms with E-state index in [2.05, 4.69) is 26.4 Å². The van der Waals surface area contributed by atoms with E-state index in [-0.39, 0.29) is 5.91 Å². The molecule has 1 fully saturated rings. The zero-order valence-electron chi connectivity index (χ0n) is 20.1. The van der Waals surface area contributed by atoms with Crippen LogP contribution in [0.3, 0.4) is 0 Å². The van der Waals surface area contributed by atoms with Crippen LogP contribution < -0.4 is 20.1 Å². The van der Waals surface area contributed by atoms with Crippen LogP contribution in [0.2, 0.25) is 0 Å². The number of nitrogens with zero attached hydrogens (tertiary/aromatic N) is 1. The van der Waals surface area contributed by atoms with Crippen LogP contribution in [0.5, 0.6) is 5.75 Å². The van der Waals surface area contributed by atoms with Gasteiger partial charge >= 0.3 is 0 Å². The highest BCUT2D eigenvalue weighted by atomic mass is 32.2. The number of sulfonamides is 1. The molecule has 0 atom stereocenters. The van der Waals surface area contributed by atoms with E-state index in [0.717, 1.165) is 46.3 Å². The maximum atomic E-state index is 12.8. The molecule has 9 heteroatoms. The molecular formula is C26H32N4O4S. The molecule has 1 saturated carbocycles. The van der Waals surface area contributed by atoms with E-state index < -0.39 is 10.0 Å². The van der Waals surface area contributed by atoms with Gasteiger partial charge in [-0.15, -0.1) is 0 Å². The summed E-state index contributed by atoms with van der Waals surface area (Å²) >= 11 is 0. The molecule has 3 N–H and O–H groups in total. The van der Waals surface area contributed by atoms with Gasteiger partial charge in [-0.05, 0) is 86.2 Å². The van der Waals surface area contributed by atoms with E-state index in [1.54, 1.807) is 12.1 Å². The van der Waals surface area contributed by atoms with Crippen molar-refractivity contribution in [2.45, 2.75) is 32.7 Å². The Hall–Kier alpha value is -3.01. The second kappa shape index (κ2) is 11.2. The number of hydrogen-bond donors (Lipinski definition) is 3. The number of rotatable bonds is 12. The minimum absolute atomic E-state index is 0.174. The molecule has 0 bridgehead atoms. The van der Waals surface area contributed by atoms with Crippen LogP contribution in [-0.2, 0) is 16.6 Å². The second-order valence-electron chi connectivity index (χ2n) is 9.08. The monoisotopic (exact) mass is 496 g/mol. The van der Waals surface area contributed by atoms with Crippen molar-refractivity contribution >= 4 is 32.5 Å². The van der Waals surface area contributed by atoms with E-state index in [1.165, 1.54) is 12.8 Å². The summed E-state index contributed by atoms with van der Waals surface area (Å²) in [5.41, 5.74) is 4.09. The number of anilines is 1. The molecule has 8 nitrogen and oxygen atoms in total. The van der Waals surface area contributed by atoms with E-state index in [9.17, 15) is 13.2 Å². The van der Waals surface area contributed by atoms with Gasteiger partial charge < -0.3 is 15.4 Å². The summed E-state index contributed by atoms with van der Waals surface area (Å²) in [5.74, 6) is 1.30. The number of pyridine rings is 1. The lowest BCUT2D eigenvalue weighted by Crippen LogP contribution is -2.26. The van der Waals surface area contributed by atoms with Crippen molar-refractivity contribution in [1.82, 2.24) is 15.0 Å². The summed E-state index contributed by atoms with van der Waals surface area (Å²) < 4.78 is 30.4. The molecular weight excluding hydrogens is 464 g/mol. The Morgan fingerprint density at radius 1 is 1.11 bits per heavy atom. The third-order valence-electron chi connectivity index (χ3n) is 5.93. The topological polar surface area (TPSA) is 109 Å². The van der Waals surface area contributed by atoms with Gasteiger partial charge in [0, 0.05) is 35.9 Å². The van der Waals surface area contributed by atoms with E-state index in [4.69, 9.17) is 4.74 Å². The molecule has 0 radical (unpaired) electrons. The van der Waals surface area contributed by atoms with Crippen molar-refractivity contribution in [3.63, 3.8) is 0 Å². The van der Waals surface area contributed by atoms with Crippen molar-refractivity contribution in [1.29, 1.82) is 0 Å². The lowest BCUT2D eigenvalue weighted by Gasteiger charge is -2.12. The van der Waals surface area contributed by atoms with Crippen LogP contribution in [0.4, 0.5) is 5.69 Å². The number of aryl methyl sites for hydroxylation is 1. The molecule has 1 heterocycles. The standard InChI is InChI=1S/C26H32N4O4S/c1-18-24(30-26(31)21-6-9-23(10-7-21)34-17-19-4-5-19)11-8-22-14-20(16-28-25(18)22)15-27-12-3-13-29-35(2,32)33/h6-11,14,16,19,27,29H,3-5,12-13,15,17H2,1-2H3,(H,30,31). The van der Waals surface area contributed by atoms with Crippen molar-refractivity contribution in [2.24, 2.45) is 5.92 Å². The van der Waals surface area contributed by atoms with Gasteiger partial charge in [0.15, 0.2) is 0 Å². The quantitative estimate of drug-likeness (QED) is 0.331. The van der Waals surface area contributed by atoms with Gasteiger partial charge in [-0.1, -0.05) is 6.07 Å². The van der Waals surface area contributed by atoms with Gasteiger partial charge in [0.05, 0.1) is 18.4 Å². The number of amides is 1. The van der Waals surface area contributed by atoms with Gasteiger partial charge in [0.2, 0.25) is 10.0 Å². The average Bonchev–Trinajstić information content (AvgIpc) is 3.66. The summed E-state index contributed by atoms with van der Waals surface area (Å²) in [7, 11) is -3.14. The molecule has 3 aromatic rings. The van der Waals surface area contributed by atoms with Crippen LogP contribution in [-0.4, -0.2) is 45.3 Å². The molecule has 0 aliphatic heterocycles. The molecule has 186 valence electrons. The number of fused-ring (bicyclic) bond motifs is 1. The van der Waals surface area contributed by atoms with Crippen molar-refractivity contribution in [2.75, 3.05) is 31.3 Å². The minimum Gasteiger partial charge on any atom is -0.493 e. The predicted molar refractivity (Wildman–Crippen MR) is 138 cm³/mol. The first-order valence-corrected chi connectivity index (χ1v) is 13.8. The predicted octanol–water partition coefficient (Wildman–Crippen LogP) is 3.61. The second-order valence-corrected chi connectivity index (χ2v) is 10.9. The van der Waals surface area contributed by atoms with Crippen molar-refractivity contribution < 1.29 is 17.9 Å². The molecule has 1 aliphatic rings. The Bertz CT molecular complexity index is 1290. The Kier molecular flexibility index (Phi) is 8.00. The molecule has 0 spiro atoms. The number of nitrogens with one attached hydrogen (secondary N) is 3. The first kappa shape index (κ1) is 25.1. The van der Waals surface area contributed by atoms with Gasteiger partial charge in [0.1, 0.15) is 5.75 Å². The van der Waals surface area contributed by atoms with Crippen molar-refractivity contribution in [3.05, 3.63) is 65.4 Å². The zero-order valence-corrected chi connectivity index (χ0v) is 21.0. The van der Waals surface area contributed by atoms with Crippen LogP contribution in [0.15, 0.2) is 48.7 Å². The fourth-order valence-electron chi connectivity index (χ4n) is 3.72. The summed E-state index contributed by atoms with van der Waals surface area (Å²) in [6.07, 6.45) is 6.16.